The van der Waals surface area contributed by atoms with Gasteiger partial charge in [0.2, 0.25) is 5.89 Å². The van der Waals surface area contributed by atoms with Crippen molar-refractivity contribution in [3.63, 3.8) is 0 Å². The van der Waals surface area contributed by atoms with Crippen molar-refractivity contribution in [2.45, 2.75) is 6.92 Å². The number of hydrogen-bond acceptors (Lipinski definition) is 5. The van der Waals surface area contributed by atoms with E-state index in [0.29, 0.717) is 17.1 Å². The maximum absolute atomic E-state index is 10.9. The highest BCUT2D eigenvalue weighted by molar-refractivity contribution is 5.78. The Morgan fingerprint density at radius 1 is 0.889 bits per heavy atom. The molecule has 0 amide bonds. The van der Waals surface area contributed by atoms with Crippen molar-refractivity contribution in [2.75, 3.05) is 5.32 Å². The van der Waals surface area contributed by atoms with E-state index in [1.165, 1.54) is 0 Å². The number of carbonyl (C=O) groups excluding carboxylic acids is 1. The highest BCUT2D eigenvalue weighted by atomic mass is 16.4. The molecule has 0 aliphatic carbocycles. The highest BCUT2D eigenvalue weighted by Crippen LogP contribution is 2.32. The molecular weight excluding hydrogens is 338 g/mol. The summed E-state index contributed by atoms with van der Waals surface area (Å²) in [7, 11) is 0. The predicted molar refractivity (Wildman–Crippen MR) is 105 cm³/mol. The van der Waals surface area contributed by atoms with Gasteiger partial charge in [0.1, 0.15) is 6.29 Å². The van der Waals surface area contributed by atoms with Gasteiger partial charge < -0.3 is 9.73 Å². The first-order chi connectivity index (χ1) is 13.2. The average Bonchev–Trinajstić information content (AvgIpc) is 3.17. The van der Waals surface area contributed by atoms with Crippen molar-refractivity contribution in [3.05, 3.63) is 83.9 Å². The molecule has 0 saturated heterocycles. The number of aromatic nitrogens is 2. The zero-order chi connectivity index (χ0) is 18.6. The normalized spacial score (nSPS) is 10.6. The van der Waals surface area contributed by atoms with Gasteiger partial charge >= 0.3 is 6.01 Å². The van der Waals surface area contributed by atoms with Gasteiger partial charge in [-0.15, -0.1) is 5.10 Å². The van der Waals surface area contributed by atoms with Crippen LogP contribution in [0.4, 0.5) is 11.7 Å². The Morgan fingerprint density at radius 3 is 2.48 bits per heavy atom. The molecule has 5 nitrogen and oxygen atoms in total. The molecule has 1 aromatic heterocycles. The van der Waals surface area contributed by atoms with Gasteiger partial charge in [-0.05, 0) is 41.8 Å². The number of nitrogens with one attached hydrogen (secondary N) is 1. The molecule has 4 aromatic rings. The molecule has 0 aliphatic rings. The zero-order valence-corrected chi connectivity index (χ0v) is 14.7. The molecule has 0 radical (unpaired) electrons. The van der Waals surface area contributed by atoms with Crippen molar-refractivity contribution < 1.29 is 9.21 Å². The third-order valence-corrected chi connectivity index (χ3v) is 4.35. The molecule has 0 aliphatic heterocycles. The number of nitrogens with zero attached hydrogens (tertiary/aromatic N) is 2. The smallest absolute Gasteiger partial charge is 0.320 e. The van der Waals surface area contributed by atoms with E-state index in [1.54, 1.807) is 18.2 Å². The van der Waals surface area contributed by atoms with Crippen LogP contribution < -0.4 is 5.32 Å². The van der Waals surface area contributed by atoms with Crippen LogP contribution in [0.2, 0.25) is 0 Å². The average molecular weight is 355 g/mol. The standard InChI is InChI=1S/C22H17N3O2/c1-15-19(17-8-3-2-4-9-17)11-6-12-20(15)21-24-25-22(27-21)23-18-10-5-7-16(13-18)14-26/h2-14H,1H3,(H,23,25). The lowest BCUT2D eigenvalue weighted by Gasteiger charge is -2.09. The minimum absolute atomic E-state index is 0.276. The molecule has 0 atom stereocenters. The second-order valence-corrected chi connectivity index (χ2v) is 6.12. The van der Waals surface area contributed by atoms with Gasteiger partial charge in [0.05, 0.1) is 0 Å². The molecule has 132 valence electrons. The van der Waals surface area contributed by atoms with E-state index >= 15 is 0 Å². The summed E-state index contributed by atoms with van der Waals surface area (Å²) < 4.78 is 5.80. The van der Waals surface area contributed by atoms with Crippen LogP contribution in [0.15, 0.2) is 77.2 Å². The summed E-state index contributed by atoms with van der Waals surface area (Å²) in [6.45, 7) is 2.04. The number of rotatable bonds is 5. The summed E-state index contributed by atoms with van der Waals surface area (Å²) in [5, 5.41) is 11.3. The van der Waals surface area contributed by atoms with E-state index in [2.05, 4.69) is 33.7 Å². The second kappa shape index (κ2) is 7.25. The lowest BCUT2D eigenvalue weighted by Crippen LogP contribution is -1.91. The molecule has 1 N–H and O–H groups in total. The second-order valence-electron chi connectivity index (χ2n) is 6.12. The highest BCUT2D eigenvalue weighted by Gasteiger charge is 2.14. The quantitative estimate of drug-likeness (QED) is 0.494. The SMILES string of the molecule is Cc1c(-c2ccccc2)cccc1-c1nnc(Nc2cccc(C=O)c2)o1. The van der Waals surface area contributed by atoms with Gasteiger partial charge in [0, 0.05) is 16.8 Å². The number of hydrogen-bond donors (Lipinski definition) is 1. The Balaban J connectivity index is 1.64. The fourth-order valence-corrected chi connectivity index (χ4v) is 2.99. The third kappa shape index (κ3) is 3.48. The van der Waals surface area contributed by atoms with Gasteiger partial charge in [0.15, 0.2) is 0 Å². The van der Waals surface area contributed by atoms with Crippen molar-refractivity contribution in [1.29, 1.82) is 0 Å². The number of aldehydes is 1. The monoisotopic (exact) mass is 355 g/mol. The number of benzene rings is 3. The van der Waals surface area contributed by atoms with Gasteiger partial charge in [-0.2, -0.15) is 0 Å². The summed E-state index contributed by atoms with van der Waals surface area (Å²) in [5.74, 6) is 0.444. The van der Waals surface area contributed by atoms with Crippen molar-refractivity contribution in [2.24, 2.45) is 0 Å². The Hall–Kier alpha value is -3.73. The Bertz CT molecular complexity index is 1090. The first kappa shape index (κ1) is 16.7. The summed E-state index contributed by atoms with van der Waals surface area (Å²) in [5.41, 5.74) is 5.51. The molecule has 27 heavy (non-hydrogen) atoms. The van der Waals surface area contributed by atoms with Crippen molar-refractivity contribution in [3.8, 4) is 22.6 Å². The molecule has 0 fully saturated rings. The summed E-state index contributed by atoms with van der Waals surface area (Å²) in [6.07, 6.45) is 0.795. The maximum atomic E-state index is 10.9. The molecular formula is C22H17N3O2. The lowest BCUT2D eigenvalue weighted by atomic mass is 9.96. The van der Waals surface area contributed by atoms with E-state index in [1.807, 2.05) is 43.3 Å². The fraction of sp³-hybridized carbons (Fsp3) is 0.0455. The maximum Gasteiger partial charge on any atom is 0.320 e. The van der Waals surface area contributed by atoms with E-state index in [0.717, 1.165) is 28.5 Å². The van der Waals surface area contributed by atoms with E-state index < -0.39 is 0 Å². The predicted octanol–water partition coefficient (Wildman–Crippen LogP) is 5.27. The van der Waals surface area contributed by atoms with Crippen LogP contribution in [0.25, 0.3) is 22.6 Å². The Labute approximate surface area is 156 Å². The summed E-state index contributed by atoms with van der Waals surface area (Å²) in [6, 6.07) is 23.6. The summed E-state index contributed by atoms with van der Waals surface area (Å²) in [4.78, 5) is 10.9. The van der Waals surface area contributed by atoms with Crippen LogP contribution in [-0.4, -0.2) is 16.5 Å². The van der Waals surface area contributed by atoms with Crippen LogP contribution in [0, 0.1) is 6.92 Å². The first-order valence-corrected chi connectivity index (χ1v) is 8.56. The van der Waals surface area contributed by atoms with Crippen LogP contribution in [0.3, 0.4) is 0 Å². The minimum atomic E-state index is 0.276. The fourth-order valence-electron chi connectivity index (χ4n) is 2.99. The van der Waals surface area contributed by atoms with Gasteiger partial charge in [-0.1, -0.05) is 59.7 Å². The number of anilines is 2. The van der Waals surface area contributed by atoms with Crippen LogP contribution >= 0.6 is 0 Å². The van der Waals surface area contributed by atoms with E-state index in [4.69, 9.17) is 4.42 Å². The molecule has 0 saturated carbocycles. The topological polar surface area (TPSA) is 68.0 Å². The molecule has 0 spiro atoms. The third-order valence-electron chi connectivity index (χ3n) is 4.35. The molecule has 0 unspecified atom stereocenters. The molecule has 0 bridgehead atoms. The van der Waals surface area contributed by atoms with Crippen LogP contribution in [0.1, 0.15) is 15.9 Å². The Morgan fingerprint density at radius 2 is 1.67 bits per heavy atom. The largest absolute Gasteiger partial charge is 0.403 e. The lowest BCUT2D eigenvalue weighted by molar-refractivity contribution is 0.112. The van der Waals surface area contributed by atoms with Crippen LogP contribution in [-0.2, 0) is 0 Å². The van der Waals surface area contributed by atoms with E-state index in [9.17, 15) is 4.79 Å². The molecule has 5 heteroatoms. The van der Waals surface area contributed by atoms with E-state index in [-0.39, 0.29) is 6.01 Å². The van der Waals surface area contributed by atoms with Crippen LogP contribution in [0.5, 0.6) is 0 Å². The Kier molecular flexibility index (Phi) is 4.49. The molecule has 3 aromatic carbocycles. The zero-order valence-electron chi connectivity index (χ0n) is 14.7. The van der Waals surface area contributed by atoms with Gasteiger partial charge in [-0.25, -0.2) is 0 Å². The first-order valence-electron chi connectivity index (χ1n) is 8.56. The van der Waals surface area contributed by atoms with Crippen molar-refractivity contribution >= 4 is 18.0 Å². The van der Waals surface area contributed by atoms with Crippen molar-refractivity contribution in [1.82, 2.24) is 10.2 Å². The molecule has 1 heterocycles. The number of carbonyl (C=O) groups is 1. The molecule has 4 rings (SSSR count). The van der Waals surface area contributed by atoms with Gasteiger partial charge in [0.25, 0.3) is 0 Å². The minimum Gasteiger partial charge on any atom is -0.403 e. The summed E-state index contributed by atoms with van der Waals surface area (Å²) >= 11 is 0. The van der Waals surface area contributed by atoms with Gasteiger partial charge in [-0.3, -0.25) is 4.79 Å².